The summed E-state index contributed by atoms with van der Waals surface area (Å²) < 4.78 is 29.9. The minimum Gasteiger partial charge on any atom is -0.497 e. The third-order valence-electron chi connectivity index (χ3n) is 7.96. The molecule has 1 amide bonds. The first-order valence-corrected chi connectivity index (χ1v) is 13.6. The Morgan fingerprint density at radius 1 is 1.12 bits per heavy atom. The van der Waals surface area contributed by atoms with E-state index in [1.807, 2.05) is 53.4 Å². The molecule has 2 N–H and O–H groups in total. The number of aromatic nitrogens is 3. The number of rotatable bonds is 5. The number of likely N-dealkylation sites (tertiary alicyclic amines) is 1. The minimum atomic E-state index is -0.286. The van der Waals surface area contributed by atoms with Crippen LogP contribution in [0, 0.1) is 5.82 Å². The first-order chi connectivity index (χ1) is 19.5. The Hall–Kier alpha value is -4.37. The summed E-state index contributed by atoms with van der Waals surface area (Å²) in [5.74, 6) is 1.86. The second-order valence-electron chi connectivity index (χ2n) is 10.6. The lowest BCUT2D eigenvalue weighted by molar-refractivity contribution is 0.0708. The molecule has 40 heavy (non-hydrogen) atoms. The lowest BCUT2D eigenvalue weighted by atomic mass is 10.0. The molecule has 0 bridgehead atoms. The van der Waals surface area contributed by atoms with E-state index in [0.717, 1.165) is 52.1 Å². The number of hydrogen-bond acceptors (Lipinski definition) is 5. The molecule has 2 aliphatic heterocycles. The van der Waals surface area contributed by atoms with Crippen LogP contribution in [0.4, 0.5) is 4.39 Å². The van der Waals surface area contributed by atoms with Crippen LogP contribution >= 0.6 is 0 Å². The molecule has 5 aromatic rings. The summed E-state index contributed by atoms with van der Waals surface area (Å²) in [6.07, 6.45) is 1.83. The molecule has 7 rings (SSSR count). The number of ether oxygens (including phenoxy) is 2. The van der Waals surface area contributed by atoms with Gasteiger partial charge in [-0.1, -0.05) is 12.1 Å². The van der Waals surface area contributed by atoms with Crippen molar-refractivity contribution in [3.05, 3.63) is 77.6 Å². The largest absolute Gasteiger partial charge is 0.497 e. The Labute approximate surface area is 230 Å². The zero-order valence-electron chi connectivity index (χ0n) is 22.3. The summed E-state index contributed by atoms with van der Waals surface area (Å²) in [5.41, 5.74) is 11.1. The molecule has 0 aliphatic carbocycles. The number of piperidine rings is 1. The van der Waals surface area contributed by atoms with E-state index >= 15 is 0 Å². The highest BCUT2D eigenvalue weighted by atomic mass is 19.1. The van der Waals surface area contributed by atoms with E-state index in [-0.39, 0.29) is 17.8 Å². The van der Waals surface area contributed by atoms with Crippen LogP contribution in [-0.4, -0.2) is 57.8 Å². The number of amides is 1. The lowest BCUT2D eigenvalue weighted by Gasteiger charge is -2.31. The molecule has 9 heteroatoms. The minimum absolute atomic E-state index is 0.000645. The van der Waals surface area contributed by atoms with Crippen molar-refractivity contribution in [3.63, 3.8) is 0 Å². The van der Waals surface area contributed by atoms with Gasteiger partial charge in [0.1, 0.15) is 29.4 Å². The molecule has 1 fully saturated rings. The Balaban J connectivity index is 1.36. The first kappa shape index (κ1) is 24.7. The number of nitrogens with two attached hydrogens (primary N) is 1. The molecule has 0 unspecified atom stereocenters. The zero-order chi connectivity index (χ0) is 27.4. The van der Waals surface area contributed by atoms with E-state index < -0.39 is 0 Å². The topological polar surface area (TPSA) is 87.5 Å². The summed E-state index contributed by atoms with van der Waals surface area (Å²) in [6, 6.07) is 18.4. The molecule has 8 nitrogen and oxygen atoms in total. The molecule has 0 saturated carbocycles. The van der Waals surface area contributed by atoms with Crippen molar-refractivity contribution in [1.82, 2.24) is 19.0 Å². The number of carbonyl (C=O) groups excluding carboxylic acids is 1. The molecule has 0 radical (unpaired) electrons. The first-order valence-electron chi connectivity index (χ1n) is 13.6. The fraction of sp³-hybridized carbons (Fsp3) is 0.290. The Morgan fingerprint density at radius 3 is 2.77 bits per heavy atom. The van der Waals surface area contributed by atoms with Gasteiger partial charge in [0.15, 0.2) is 5.82 Å². The predicted octanol–water partition coefficient (Wildman–Crippen LogP) is 4.81. The van der Waals surface area contributed by atoms with Crippen molar-refractivity contribution < 1.29 is 18.7 Å². The summed E-state index contributed by atoms with van der Waals surface area (Å²) in [6.45, 7) is 2.90. The van der Waals surface area contributed by atoms with Crippen molar-refractivity contribution in [2.24, 2.45) is 5.73 Å². The molecule has 2 aromatic heterocycles. The standard InChI is InChI=1S/C31H30FN5O3/c1-39-24-7-4-19(5-8-24)17-37-26-9-6-22(32)13-20(26)15-27(37)30-34-25-14-21(16-28-29(25)36(30)11-12-40-28)31(38)35-10-2-3-23(33)18-35/h4-9,13-16,23H,2-3,10-12,17-18,33H2,1H3/t23-/m1/s1. The molecular formula is C31H30FN5O3. The molecule has 1 saturated heterocycles. The van der Waals surface area contributed by atoms with Gasteiger partial charge in [0.05, 0.1) is 24.9 Å². The lowest BCUT2D eigenvalue weighted by Crippen LogP contribution is -2.45. The van der Waals surface area contributed by atoms with Crippen LogP contribution in [0.5, 0.6) is 11.5 Å². The molecule has 0 spiro atoms. The number of methoxy groups -OCH3 is 1. The number of carbonyl (C=O) groups is 1. The highest BCUT2D eigenvalue weighted by Gasteiger charge is 2.28. The van der Waals surface area contributed by atoms with Gasteiger partial charge in [0.2, 0.25) is 0 Å². The second kappa shape index (κ2) is 9.67. The number of imidazole rings is 1. The Morgan fingerprint density at radius 2 is 1.98 bits per heavy atom. The van der Waals surface area contributed by atoms with E-state index in [1.165, 1.54) is 6.07 Å². The average molecular weight is 540 g/mol. The van der Waals surface area contributed by atoms with Gasteiger partial charge in [-0.25, -0.2) is 9.37 Å². The monoisotopic (exact) mass is 539 g/mol. The molecule has 4 heterocycles. The number of hydrogen-bond donors (Lipinski definition) is 1. The van der Waals surface area contributed by atoms with E-state index in [2.05, 4.69) is 9.13 Å². The molecule has 2 aliphatic rings. The van der Waals surface area contributed by atoms with Crippen LogP contribution in [0.3, 0.4) is 0 Å². The van der Waals surface area contributed by atoms with Crippen molar-refractivity contribution in [3.8, 4) is 23.0 Å². The van der Waals surface area contributed by atoms with E-state index in [4.69, 9.17) is 20.2 Å². The number of halogens is 1. The average Bonchev–Trinajstić information content (AvgIpc) is 3.51. The van der Waals surface area contributed by atoms with Crippen molar-refractivity contribution >= 4 is 27.8 Å². The summed E-state index contributed by atoms with van der Waals surface area (Å²) >= 11 is 0. The summed E-state index contributed by atoms with van der Waals surface area (Å²) in [4.78, 5) is 20.3. The van der Waals surface area contributed by atoms with Crippen LogP contribution in [0.2, 0.25) is 0 Å². The van der Waals surface area contributed by atoms with Gasteiger partial charge in [-0.2, -0.15) is 0 Å². The van der Waals surface area contributed by atoms with Gasteiger partial charge in [-0.3, -0.25) is 4.79 Å². The van der Waals surface area contributed by atoms with Crippen LogP contribution in [0.1, 0.15) is 28.8 Å². The molecule has 1 atom stereocenters. The van der Waals surface area contributed by atoms with Crippen molar-refractivity contribution in [2.75, 3.05) is 26.8 Å². The van der Waals surface area contributed by atoms with Crippen LogP contribution < -0.4 is 15.2 Å². The van der Waals surface area contributed by atoms with Gasteiger partial charge in [0.25, 0.3) is 5.91 Å². The fourth-order valence-electron chi connectivity index (χ4n) is 6.01. The maximum absolute atomic E-state index is 14.3. The number of benzene rings is 3. The zero-order valence-corrected chi connectivity index (χ0v) is 22.3. The third kappa shape index (κ3) is 4.17. The molecular weight excluding hydrogens is 509 g/mol. The van der Waals surface area contributed by atoms with Gasteiger partial charge in [0, 0.05) is 42.1 Å². The second-order valence-corrected chi connectivity index (χ2v) is 10.6. The van der Waals surface area contributed by atoms with Gasteiger partial charge in [-0.15, -0.1) is 0 Å². The number of fused-ring (bicyclic) bond motifs is 1. The Kier molecular flexibility index (Phi) is 5.96. The van der Waals surface area contributed by atoms with Crippen LogP contribution in [0.15, 0.2) is 60.7 Å². The van der Waals surface area contributed by atoms with E-state index in [1.54, 1.807) is 13.2 Å². The van der Waals surface area contributed by atoms with Gasteiger partial charge in [-0.05, 0) is 66.9 Å². The summed E-state index contributed by atoms with van der Waals surface area (Å²) in [5, 5.41) is 0.799. The fourth-order valence-corrected chi connectivity index (χ4v) is 6.01. The maximum atomic E-state index is 14.3. The number of nitrogens with zero attached hydrogens (tertiary/aromatic N) is 4. The molecule has 204 valence electrons. The van der Waals surface area contributed by atoms with Crippen LogP contribution in [0.25, 0.3) is 33.5 Å². The quantitative estimate of drug-likeness (QED) is 0.346. The van der Waals surface area contributed by atoms with Gasteiger partial charge < -0.3 is 29.2 Å². The highest BCUT2D eigenvalue weighted by Crippen LogP contribution is 2.37. The normalized spacial score (nSPS) is 16.9. The maximum Gasteiger partial charge on any atom is 0.254 e. The van der Waals surface area contributed by atoms with Crippen molar-refractivity contribution in [1.29, 1.82) is 0 Å². The highest BCUT2D eigenvalue weighted by molar-refractivity contribution is 6.00. The van der Waals surface area contributed by atoms with E-state index in [9.17, 15) is 9.18 Å². The third-order valence-corrected chi connectivity index (χ3v) is 7.96. The van der Waals surface area contributed by atoms with Crippen LogP contribution in [-0.2, 0) is 13.1 Å². The van der Waals surface area contributed by atoms with Gasteiger partial charge >= 0.3 is 0 Å². The summed E-state index contributed by atoms with van der Waals surface area (Å²) in [7, 11) is 1.65. The molecule has 3 aromatic carbocycles. The smallest absolute Gasteiger partial charge is 0.254 e. The van der Waals surface area contributed by atoms with Crippen molar-refractivity contribution in [2.45, 2.75) is 32.0 Å². The van der Waals surface area contributed by atoms with E-state index in [0.29, 0.717) is 49.6 Å². The predicted molar refractivity (Wildman–Crippen MR) is 151 cm³/mol. The Bertz CT molecular complexity index is 1760. The SMILES string of the molecule is COc1ccc(Cn2c(-c3nc4cc(C(=O)N5CCC[C@@H](N)C5)cc5c4n3CCO5)cc3cc(F)ccc32)cc1.